The Kier molecular flexibility index (Phi) is 9.37. The lowest BCUT2D eigenvalue weighted by Gasteiger charge is -2.43. The topological polar surface area (TPSA) is 87.7 Å². The second-order valence-corrected chi connectivity index (χ2v) is 11.9. The minimum atomic E-state index is -0.875. The van der Waals surface area contributed by atoms with Gasteiger partial charge in [-0.25, -0.2) is 4.79 Å². The van der Waals surface area contributed by atoms with Crippen LogP contribution in [0.25, 0.3) is 0 Å². The highest BCUT2D eigenvalue weighted by Gasteiger charge is 2.41. The van der Waals surface area contributed by atoms with E-state index in [0.717, 1.165) is 42.4 Å². The number of ether oxygens (including phenoxy) is 1. The lowest BCUT2D eigenvalue weighted by molar-refractivity contribution is -0.148. The van der Waals surface area contributed by atoms with Crippen LogP contribution < -0.4 is 10.6 Å². The van der Waals surface area contributed by atoms with Gasteiger partial charge in [-0.05, 0) is 80.7 Å². The van der Waals surface area contributed by atoms with Crippen LogP contribution in [0.1, 0.15) is 103 Å². The normalized spacial score (nSPS) is 16.7. The van der Waals surface area contributed by atoms with Crippen molar-refractivity contribution in [2.75, 3.05) is 0 Å². The molecule has 1 aromatic rings. The molecular weight excluding hydrogens is 442 g/mol. The molecule has 0 aromatic heterocycles. The number of nitrogens with zero attached hydrogens (tertiary/aromatic N) is 1. The van der Waals surface area contributed by atoms with E-state index in [1.54, 1.807) is 32.6 Å². The number of aryl methyl sites for hydroxylation is 2. The highest BCUT2D eigenvalue weighted by Crippen LogP contribution is 2.32. The van der Waals surface area contributed by atoms with Crippen LogP contribution in [0.15, 0.2) is 18.2 Å². The SMILES string of the molecule is Cc1cc(C)cc(C(C(=O)NC2CCCCC2)N(C(=O)C(C)NC(=O)OC(C)(C)C)C(C)(C)C)c1. The van der Waals surface area contributed by atoms with Crippen molar-refractivity contribution in [2.24, 2.45) is 0 Å². The van der Waals surface area contributed by atoms with E-state index in [2.05, 4.69) is 16.7 Å². The van der Waals surface area contributed by atoms with Crippen molar-refractivity contribution in [1.82, 2.24) is 15.5 Å². The second-order valence-electron chi connectivity index (χ2n) is 11.9. The monoisotopic (exact) mass is 487 g/mol. The summed E-state index contributed by atoms with van der Waals surface area (Å²) in [6.07, 6.45) is 4.61. The lowest BCUT2D eigenvalue weighted by Crippen LogP contribution is -2.58. The minimum absolute atomic E-state index is 0.110. The Morgan fingerprint density at radius 2 is 1.49 bits per heavy atom. The molecule has 1 saturated carbocycles. The molecule has 0 saturated heterocycles. The molecule has 0 radical (unpaired) electrons. The van der Waals surface area contributed by atoms with Crippen LogP contribution in [0, 0.1) is 13.8 Å². The summed E-state index contributed by atoms with van der Waals surface area (Å²) in [4.78, 5) is 41.7. The van der Waals surface area contributed by atoms with Gasteiger partial charge < -0.3 is 20.3 Å². The molecule has 2 unspecified atom stereocenters. The van der Waals surface area contributed by atoms with Gasteiger partial charge in [0.25, 0.3) is 0 Å². The lowest BCUT2D eigenvalue weighted by atomic mass is 9.92. The van der Waals surface area contributed by atoms with E-state index < -0.39 is 29.3 Å². The van der Waals surface area contributed by atoms with Gasteiger partial charge >= 0.3 is 6.09 Å². The number of nitrogens with one attached hydrogen (secondary N) is 2. The molecule has 3 amide bonds. The quantitative estimate of drug-likeness (QED) is 0.567. The summed E-state index contributed by atoms with van der Waals surface area (Å²) in [6.45, 7) is 16.6. The number of carbonyl (C=O) groups is 3. The first-order valence-electron chi connectivity index (χ1n) is 12.8. The summed E-state index contributed by atoms with van der Waals surface area (Å²) in [6, 6.07) is 4.40. The number of hydrogen-bond donors (Lipinski definition) is 2. The van der Waals surface area contributed by atoms with Crippen LogP contribution in [0.5, 0.6) is 0 Å². The molecular formula is C28H45N3O4. The molecule has 1 fully saturated rings. The summed E-state index contributed by atoms with van der Waals surface area (Å²) in [5.74, 6) is -0.527. The third-order valence-corrected chi connectivity index (χ3v) is 6.08. The van der Waals surface area contributed by atoms with E-state index in [-0.39, 0.29) is 17.9 Å². The molecule has 7 heteroatoms. The molecule has 1 aliphatic rings. The van der Waals surface area contributed by atoms with Crippen LogP contribution in [0.4, 0.5) is 4.79 Å². The van der Waals surface area contributed by atoms with E-state index in [9.17, 15) is 14.4 Å². The van der Waals surface area contributed by atoms with Crippen molar-refractivity contribution in [2.45, 2.75) is 124 Å². The Hall–Kier alpha value is -2.57. The zero-order valence-electron chi connectivity index (χ0n) is 23.1. The maximum Gasteiger partial charge on any atom is 0.408 e. The van der Waals surface area contributed by atoms with Crippen LogP contribution in [0.2, 0.25) is 0 Å². The number of benzene rings is 1. The van der Waals surface area contributed by atoms with Crippen molar-refractivity contribution in [3.8, 4) is 0 Å². The van der Waals surface area contributed by atoms with Gasteiger partial charge in [-0.3, -0.25) is 9.59 Å². The third kappa shape index (κ3) is 8.55. The summed E-state index contributed by atoms with van der Waals surface area (Å²) < 4.78 is 5.35. The Morgan fingerprint density at radius 1 is 0.943 bits per heavy atom. The van der Waals surface area contributed by atoms with Gasteiger partial charge in [0.2, 0.25) is 11.8 Å². The Morgan fingerprint density at radius 3 is 1.97 bits per heavy atom. The number of amides is 3. The molecule has 2 N–H and O–H groups in total. The number of carbonyl (C=O) groups excluding carboxylic acids is 3. The summed E-state index contributed by atoms with van der Waals surface area (Å²) in [5, 5.41) is 5.88. The second kappa shape index (κ2) is 11.4. The predicted molar refractivity (Wildman–Crippen MR) is 139 cm³/mol. The van der Waals surface area contributed by atoms with Crippen molar-refractivity contribution < 1.29 is 19.1 Å². The number of hydrogen-bond acceptors (Lipinski definition) is 4. The van der Waals surface area contributed by atoms with Gasteiger partial charge in [0.05, 0.1) is 0 Å². The zero-order valence-corrected chi connectivity index (χ0v) is 23.1. The van der Waals surface area contributed by atoms with E-state index in [0.29, 0.717) is 0 Å². The van der Waals surface area contributed by atoms with Gasteiger partial charge in [0.1, 0.15) is 17.7 Å². The zero-order chi connectivity index (χ0) is 26.6. The van der Waals surface area contributed by atoms with Crippen LogP contribution in [-0.4, -0.2) is 46.0 Å². The average molecular weight is 488 g/mol. The van der Waals surface area contributed by atoms with Gasteiger partial charge in [-0.15, -0.1) is 0 Å². The molecule has 35 heavy (non-hydrogen) atoms. The fourth-order valence-corrected chi connectivity index (χ4v) is 4.71. The van der Waals surface area contributed by atoms with Crippen molar-refractivity contribution >= 4 is 17.9 Å². The molecule has 2 rings (SSSR count). The summed E-state index contributed by atoms with van der Waals surface area (Å²) >= 11 is 0. The summed E-state index contributed by atoms with van der Waals surface area (Å²) in [7, 11) is 0. The average Bonchev–Trinajstić information content (AvgIpc) is 2.68. The van der Waals surface area contributed by atoms with E-state index in [4.69, 9.17) is 4.74 Å². The number of rotatable bonds is 6. The molecule has 196 valence electrons. The van der Waals surface area contributed by atoms with Crippen LogP contribution >= 0.6 is 0 Å². The smallest absolute Gasteiger partial charge is 0.408 e. The van der Waals surface area contributed by atoms with Gasteiger partial charge in [-0.2, -0.15) is 0 Å². The highest BCUT2D eigenvalue weighted by atomic mass is 16.6. The third-order valence-electron chi connectivity index (χ3n) is 6.08. The first-order valence-corrected chi connectivity index (χ1v) is 12.8. The van der Waals surface area contributed by atoms with E-state index >= 15 is 0 Å². The maximum atomic E-state index is 13.8. The highest BCUT2D eigenvalue weighted by molar-refractivity contribution is 5.92. The predicted octanol–water partition coefficient (Wildman–Crippen LogP) is 5.33. The molecule has 1 aromatic carbocycles. The molecule has 7 nitrogen and oxygen atoms in total. The van der Waals surface area contributed by atoms with E-state index in [1.807, 2.05) is 46.8 Å². The first kappa shape index (κ1) is 28.7. The number of alkyl carbamates (subject to hydrolysis) is 1. The van der Waals surface area contributed by atoms with Crippen molar-refractivity contribution in [3.05, 3.63) is 34.9 Å². The molecule has 0 spiro atoms. The largest absolute Gasteiger partial charge is 0.444 e. The van der Waals surface area contributed by atoms with Crippen molar-refractivity contribution in [3.63, 3.8) is 0 Å². The first-order chi connectivity index (χ1) is 16.1. The van der Waals surface area contributed by atoms with Crippen LogP contribution in [-0.2, 0) is 14.3 Å². The van der Waals surface area contributed by atoms with Gasteiger partial charge in [-0.1, -0.05) is 48.6 Å². The van der Waals surface area contributed by atoms with E-state index in [1.165, 1.54) is 6.42 Å². The molecule has 2 atom stereocenters. The maximum absolute atomic E-state index is 13.8. The Labute approximate surface area is 211 Å². The van der Waals surface area contributed by atoms with Gasteiger partial charge in [0.15, 0.2) is 0 Å². The molecule has 0 aliphatic heterocycles. The fourth-order valence-electron chi connectivity index (χ4n) is 4.71. The van der Waals surface area contributed by atoms with Crippen molar-refractivity contribution in [1.29, 1.82) is 0 Å². The molecule has 1 aliphatic carbocycles. The Bertz CT molecular complexity index is 888. The fraction of sp³-hybridized carbons (Fsp3) is 0.679. The molecule has 0 heterocycles. The van der Waals surface area contributed by atoms with Crippen LogP contribution in [0.3, 0.4) is 0 Å². The Balaban J connectivity index is 2.45. The summed E-state index contributed by atoms with van der Waals surface area (Å²) in [5.41, 5.74) is 1.45. The minimum Gasteiger partial charge on any atom is -0.444 e. The van der Waals surface area contributed by atoms with Gasteiger partial charge in [0, 0.05) is 11.6 Å². The molecule has 0 bridgehead atoms. The standard InChI is InChI=1S/C28H45N3O4/c1-18-15-19(2)17-21(16-18)23(24(32)30-22-13-11-10-12-14-22)31(27(4,5)6)25(33)20(3)29-26(34)35-28(7,8)9/h15-17,20,22-23H,10-14H2,1-9H3,(H,29,34)(H,30,32).